The van der Waals surface area contributed by atoms with Gasteiger partial charge in [-0.3, -0.25) is 0 Å². The van der Waals surface area contributed by atoms with Crippen molar-refractivity contribution < 1.29 is 46.6 Å². The third kappa shape index (κ3) is 321. The Morgan fingerprint density at radius 2 is 0.867 bits per heavy atom. The molecule has 0 bridgehead atoms. The first-order valence-electron chi connectivity index (χ1n) is 4.98. The van der Waals surface area contributed by atoms with Gasteiger partial charge in [-0.1, -0.05) is 40.5 Å². The molecule has 0 aromatic heterocycles. The fourth-order valence-electron chi connectivity index (χ4n) is 0.144. The van der Waals surface area contributed by atoms with Gasteiger partial charge in [0.2, 0.25) is 0 Å². The van der Waals surface area contributed by atoms with Gasteiger partial charge in [0.25, 0.3) is 0 Å². The standard InChI is InChI=1S/C4H9O.3C2H5O.Zr/c1-2-3-4-5;3*1-2-3;/h2-4H2,1H3;3*2H2,1H3;/q4*-1;+4. The first-order valence-corrected chi connectivity index (χ1v) is 4.98. The number of rotatable bonds is 2. The van der Waals surface area contributed by atoms with Crippen LogP contribution in [-0.4, -0.2) is 26.4 Å². The summed E-state index contributed by atoms with van der Waals surface area (Å²) in [5, 5.41) is 36.3. The molecule has 15 heavy (non-hydrogen) atoms. The Balaban J connectivity index is -0.0000000300. The van der Waals surface area contributed by atoms with Crippen molar-refractivity contribution in [3.05, 3.63) is 0 Å². The molecule has 0 aromatic carbocycles. The average molecular weight is 300 g/mol. The van der Waals surface area contributed by atoms with Crippen LogP contribution < -0.4 is 20.4 Å². The van der Waals surface area contributed by atoms with Crippen LogP contribution in [0.5, 0.6) is 0 Å². The molecule has 4 nitrogen and oxygen atoms in total. The summed E-state index contributed by atoms with van der Waals surface area (Å²) in [6, 6.07) is 0. The third-order valence-corrected chi connectivity index (χ3v) is 0.498. The summed E-state index contributed by atoms with van der Waals surface area (Å²) in [5.74, 6) is 0. The summed E-state index contributed by atoms with van der Waals surface area (Å²) < 4.78 is 0. The molecule has 0 rings (SSSR count). The number of hydrogen-bond donors (Lipinski definition) is 0. The Bertz CT molecular complexity index is 41.6. The van der Waals surface area contributed by atoms with E-state index in [2.05, 4.69) is 0 Å². The van der Waals surface area contributed by atoms with Crippen LogP contribution in [0.1, 0.15) is 40.5 Å². The summed E-state index contributed by atoms with van der Waals surface area (Å²) >= 11 is 0. The van der Waals surface area contributed by atoms with Crippen LogP contribution in [0.4, 0.5) is 0 Å². The van der Waals surface area contributed by atoms with Crippen molar-refractivity contribution in [2.75, 3.05) is 26.4 Å². The van der Waals surface area contributed by atoms with E-state index in [1.54, 1.807) is 20.8 Å². The van der Waals surface area contributed by atoms with Crippen LogP contribution >= 0.6 is 0 Å². The maximum absolute atomic E-state index is 9.53. The zero-order chi connectivity index (χ0) is 12.2. The van der Waals surface area contributed by atoms with Gasteiger partial charge >= 0.3 is 26.2 Å². The molecule has 0 amide bonds. The van der Waals surface area contributed by atoms with Crippen LogP contribution in [0.25, 0.3) is 0 Å². The maximum Gasteiger partial charge on any atom is 4.00 e. The monoisotopic (exact) mass is 298 g/mol. The van der Waals surface area contributed by atoms with E-state index in [1.165, 1.54) is 0 Å². The molecule has 0 saturated carbocycles. The van der Waals surface area contributed by atoms with Gasteiger partial charge in [0.15, 0.2) is 0 Å². The molecule has 0 fully saturated rings. The molecule has 0 atom stereocenters. The number of unbranched alkanes of at least 4 members (excludes halogenated alkanes) is 1. The van der Waals surface area contributed by atoms with E-state index in [4.69, 9.17) is 15.3 Å². The molecule has 0 aromatic rings. The van der Waals surface area contributed by atoms with Crippen molar-refractivity contribution in [3.8, 4) is 0 Å². The van der Waals surface area contributed by atoms with Gasteiger partial charge in [-0.05, 0) is 0 Å². The summed E-state index contributed by atoms with van der Waals surface area (Å²) in [6.07, 6.45) is 1.86. The second-order valence-corrected chi connectivity index (χ2v) is 1.92. The normalized spacial score (nSPS) is 6.40. The molecule has 0 aliphatic carbocycles. The summed E-state index contributed by atoms with van der Waals surface area (Å²) in [5.41, 5.74) is 0. The molecule has 0 radical (unpaired) electrons. The van der Waals surface area contributed by atoms with Crippen molar-refractivity contribution in [1.82, 2.24) is 0 Å². The van der Waals surface area contributed by atoms with E-state index in [0.717, 1.165) is 12.8 Å². The first kappa shape index (κ1) is 29.6. The molecular formula is C10H24O4Zr. The Kier molecular flexibility index (Phi) is 121. The molecule has 0 spiro atoms. The van der Waals surface area contributed by atoms with E-state index in [-0.39, 0.29) is 52.6 Å². The minimum absolute atomic E-state index is 0. The molecule has 0 aliphatic heterocycles. The third-order valence-electron chi connectivity index (χ3n) is 0.498. The van der Waals surface area contributed by atoms with Crippen molar-refractivity contribution in [2.24, 2.45) is 0 Å². The van der Waals surface area contributed by atoms with Crippen molar-refractivity contribution >= 4 is 0 Å². The summed E-state index contributed by atoms with van der Waals surface area (Å²) in [4.78, 5) is 0. The topological polar surface area (TPSA) is 92.2 Å². The van der Waals surface area contributed by atoms with Gasteiger partial charge in [-0.25, -0.2) is 0 Å². The Morgan fingerprint density at radius 1 is 0.667 bits per heavy atom. The molecule has 0 heterocycles. The van der Waals surface area contributed by atoms with Crippen LogP contribution in [0.3, 0.4) is 0 Å². The van der Waals surface area contributed by atoms with Gasteiger partial charge in [-0.2, -0.15) is 0 Å². The Morgan fingerprint density at radius 3 is 0.867 bits per heavy atom. The Hall–Kier alpha value is 0.723. The average Bonchev–Trinajstić information content (AvgIpc) is 2.09. The summed E-state index contributed by atoms with van der Waals surface area (Å²) in [7, 11) is 0. The molecule has 5 heteroatoms. The van der Waals surface area contributed by atoms with Gasteiger partial charge in [0.1, 0.15) is 0 Å². The van der Waals surface area contributed by atoms with E-state index >= 15 is 0 Å². The largest absolute Gasteiger partial charge is 4.00 e. The van der Waals surface area contributed by atoms with Gasteiger partial charge in [-0.15, -0.1) is 26.4 Å². The van der Waals surface area contributed by atoms with E-state index in [1.807, 2.05) is 6.92 Å². The van der Waals surface area contributed by atoms with Crippen LogP contribution in [0, 0.1) is 0 Å². The molecular weight excluding hydrogens is 275 g/mol. The molecule has 0 aliphatic rings. The SMILES string of the molecule is CCCC[O-].CC[O-].CC[O-].CC[O-].[Zr+4]. The van der Waals surface area contributed by atoms with Crippen LogP contribution in [-0.2, 0) is 26.2 Å². The second kappa shape index (κ2) is 61.3. The predicted octanol–water partition coefficient (Wildman–Crippen LogP) is -1.76. The molecule has 0 N–H and O–H groups in total. The predicted molar refractivity (Wildman–Crippen MR) is 51.4 cm³/mol. The minimum Gasteiger partial charge on any atom is -0.855 e. The Labute approximate surface area is 113 Å². The van der Waals surface area contributed by atoms with E-state index in [0.29, 0.717) is 0 Å². The molecule has 0 saturated heterocycles. The van der Waals surface area contributed by atoms with Gasteiger partial charge in [0.05, 0.1) is 0 Å². The summed E-state index contributed by atoms with van der Waals surface area (Å²) in [6.45, 7) is 6.81. The van der Waals surface area contributed by atoms with Crippen LogP contribution in [0.15, 0.2) is 0 Å². The second-order valence-electron chi connectivity index (χ2n) is 1.92. The van der Waals surface area contributed by atoms with Gasteiger partial charge in [0, 0.05) is 0 Å². The van der Waals surface area contributed by atoms with Crippen molar-refractivity contribution in [2.45, 2.75) is 40.5 Å². The maximum atomic E-state index is 9.53. The van der Waals surface area contributed by atoms with Crippen molar-refractivity contribution in [1.29, 1.82) is 0 Å². The number of hydrogen-bond acceptors (Lipinski definition) is 4. The minimum atomic E-state index is 0. The van der Waals surface area contributed by atoms with E-state index in [9.17, 15) is 5.11 Å². The zero-order valence-corrected chi connectivity index (χ0v) is 12.8. The zero-order valence-electron chi connectivity index (χ0n) is 10.4. The smallest absolute Gasteiger partial charge is 0.855 e. The first-order chi connectivity index (χ1) is 6.66. The van der Waals surface area contributed by atoms with Gasteiger partial charge < -0.3 is 20.4 Å². The fourth-order valence-corrected chi connectivity index (χ4v) is 0.144. The quantitative estimate of drug-likeness (QED) is 0.604. The van der Waals surface area contributed by atoms with E-state index < -0.39 is 0 Å². The molecule has 92 valence electrons. The fraction of sp³-hybridized carbons (Fsp3) is 1.00. The van der Waals surface area contributed by atoms with Crippen LogP contribution in [0.2, 0.25) is 0 Å². The van der Waals surface area contributed by atoms with Crippen molar-refractivity contribution in [3.63, 3.8) is 0 Å². The molecule has 0 unspecified atom stereocenters.